The van der Waals surface area contributed by atoms with Crippen LogP contribution in [-0.2, 0) is 4.79 Å². The van der Waals surface area contributed by atoms with Gasteiger partial charge in [0.2, 0.25) is 0 Å². The maximum Gasteiger partial charge on any atom is 0.305 e. The Morgan fingerprint density at radius 3 is 3.20 bits per heavy atom. The molecule has 0 bridgehead atoms. The number of carboxylic acid groups (broad SMARTS) is 1. The van der Waals surface area contributed by atoms with E-state index in [1.807, 2.05) is 17.9 Å². The van der Waals surface area contributed by atoms with E-state index in [4.69, 9.17) is 9.63 Å². The molecule has 1 aromatic rings. The van der Waals surface area contributed by atoms with Crippen LogP contribution in [0.25, 0.3) is 0 Å². The molecule has 0 radical (unpaired) electrons. The summed E-state index contributed by atoms with van der Waals surface area (Å²) in [5.41, 5.74) is 0. The molecule has 1 N–H and O–H groups in total. The van der Waals surface area contributed by atoms with Crippen LogP contribution in [0.3, 0.4) is 0 Å². The van der Waals surface area contributed by atoms with E-state index in [0.717, 1.165) is 31.0 Å². The van der Waals surface area contributed by atoms with Crippen molar-refractivity contribution in [3.8, 4) is 0 Å². The summed E-state index contributed by atoms with van der Waals surface area (Å²) < 4.78 is 4.99. The number of nitrogens with zero attached hydrogens (tertiary/aromatic N) is 2. The fraction of sp³-hybridized carbons (Fsp3) is 0.600. The largest absolute Gasteiger partial charge is 0.481 e. The Balaban J connectivity index is 2.10. The zero-order chi connectivity index (χ0) is 10.8. The second-order valence-electron chi connectivity index (χ2n) is 3.88. The molecule has 0 aliphatic carbocycles. The summed E-state index contributed by atoms with van der Waals surface area (Å²) >= 11 is 0. The van der Waals surface area contributed by atoms with Gasteiger partial charge in [-0.05, 0) is 19.8 Å². The highest BCUT2D eigenvalue weighted by atomic mass is 16.5. The van der Waals surface area contributed by atoms with Gasteiger partial charge in [0, 0.05) is 18.7 Å². The number of anilines is 1. The second kappa shape index (κ2) is 3.92. The van der Waals surface area contributed by atoms with Gasteiger partial charge in [0.1, 0.15) is 5.76 Å². The molecule has 0 amide bonds. The SMILES string of the molecule is Cc1cc(N2CCCC2CC(=O)O)no1. The molecule has 2 rings (SSSR count). The molecule has 0 saturated carbocycles. The van der Waals surface area contributed by atoms with E-state index in [2.05, 4.69) is 5.16 Å². The molecule has 0 spiro atoms. The van der Waals surface area contributed by atoms with Gasteiger partial charge in [-0.25, -0.2) is 0 Å². The molecule has 1 fully saturated rings. The molecule has 1 atom stereocenters. The molecule has 1 saturated heterocycles. The summed E-state index contributed by atoms with van der Waals surface area (Å²) in [6.45, 7) is 2.70. The lowest BCUT2D eigenvalue weighted by molar-refractivity contribution is -0.137. The van der Waals surface area contributed by atoms with E-state index < -0.39 is 5.97 Å². The summed E-state index contributed by atoms with van der Waals surface area (Å²) in [5, 5.41) is 12.7. The van der Waals surface area contributed by atoms with Crippen LogP contribution >= 0.6 is 0 Å². The first-order chi connectivity index (χ1) is 7.16. The zero-order valence-electron chi connectivity index (χ0n) is 8.64. The third kappa shape index (κ3) is 2.11. The highest BCUT2D eigenvalue weighted by Crippen LogP contribution is 2.26. The molecule has 1 aliphatic heterocycles. The Labute approximate surface area is 87.7 Å². The number of aryl methyl sites for hydroxylation is 1. The average Bonchev–Trinajstić information content (AvgIpc) is 2.72. The maximum atomic E-state index is 10.7. The van der Waals surface area contributed by atoms with Crippen molar-refractivity contribution in [2.24, 2.45) is 0 Å². The lowest BCUT2D eigenvalue weighted by Gasteiger charge is -2.22. The first-order valence-corrected chi connectivity index (χ1v) is 5.08. The lowest BCUT2D eigenvalue weighted by atomic mass is 10.1. The van der Waals surface area contributed by atoms with E-state index in [0.29, 0.717) is 0 Å². The van der Waals surface area contributed by atoms with Crippen molar-refractivity contribution >= 4 is 11.8 Å². The Kier molecular flexibility index (Phi) is 2.62. The number of carbonyl (C=O) groups is 1. The smallest absolute Gasteiger partial charge is 0.305 e. The molecule has 15 heavy (non-hydrogen) atoms. The van der Waals surface area contributed by atoms with E-state index in [9.17, 15) is 4.79 Å². The summed E-state index contributed by atoms with van der Waals surface area (Å²) in [6, 6.07) is 1.91. The van der Waals surface area contributed by atoms with Crippen molar-refractivity contribution in [3.63, 3.8) is 0 Å². The molecular formula is C10H14N2O3. The number of carboxylic acids is 1. The second-order valence-corrected chi connectivity index (χ2v) is 3.88. The molecule has 1 aliphatic rings. The van der Waals surface area contributed by atoms with Crippen LogP contribution in [0.2, 0.25) is 0 Å². The van der Waals surface area contributed by atoms with Crippen molar-refractivity contribution in [1.29, 1.82) is 0 Å². The molecule has 1 aromatic heterocycles. The third-order valence-corrected chi connectivity index (χ3v) is 2.70. The van der Waals surface area contributed by atoms with E-state index in [1.165, 1.54) is 0 Å². The number of aromatic nitrogens is 1. The molecule has 1 unspecified atom stereocenters. The zero-order valence-corrected chi connectivity index (χ0v) is 8.64. The van der Waals surface area contributed by atoms with Gasteiger partial charge in [0.05, 0.1) is 6.42 Å². The molecule has 0 aromatic carbocycles. The normalized spacial score (nSPS) is 20.9. The van der Waals surface area contributed by atoms with Crippen LogP contribution in [0.4, 0.5) is 5.82 Å². The fourth-order valence-corrected chi connectivity index (χ4v) is 2.04. The highest BCUT2D eigenvalue weighted by molar-refractivity contribution is 5.68. The standard InChI is InChI=1S/C10H14N2O3/c1-7-5-9(11-15-7)12-4-2-3-8(12)6-10(13)14/h5,8H,2-4,6H2,1H3,(H,13,14). The number of rotatable bonds is 3. The Morgan fingerprint density at radius 1 is 1.80 bits per heavy atom. The van der Waals surface area contributed by atoms with Crippen LogP contribution in [0.1, 0.15) is 25.0 Å². The average molecular weight is 210 g/mol. The van der Waals surface area contributed by atoms with Gasteiger partial charge < -0.3 is 14.5 Å². The van der Waals surface area contributed by atoms with Crippen molar-refractivity contribution < 1.29 is 14.4 Å². The van der Waals surface area contributed by atoms with Gasteiger partial charge in [0.15, 0.2) is 5.82 Å². The molecule has 5 heteroatoms. The van der Waals surface area contributed by atoms with E-state index >= 15 is 0 Å². The Bertz CT molecular complexity index is 361. The first-order valence-electron chi connectivity index (χ1n) is 5.08. The van der Waals surface area contributed by atoms with Crippen LogP contribution in [0, 0.1) is 6.92 Å². The summed E-state index contributed by atoms with van der Waals surface area (Å²) in [4.78, 5) is 12.7. The van der Waals surface area contributed by atoms with E-state index in [-0.39, 0.29) is 12.5 Å². The topological polar surface area (TPSA) is 66.6 Å². The van der Waals surface area contributed by atoms with Gasteiger partial charge in [-0.3, -0.25) is 4.79 Å². The first kappa shape index (κ1) is 10.0. The quantitative estimate of drug-likeness (QED) is 0.817. The number of hydrogen-bond donors (Lipinski definition) is 1. The third-order valence-electron chi connectivity index (χ3n) is 2.70. The lowest BCUT2D eigenvalue weighted by Crippen LogP contribution is -2.31. The summed E-state index contributed by atoms with van der Waals surface area (Å²) in [5.74, 6) is 0.759. The number of hydrogen-bond acceptors (Lipinski definition) is 4. The van der Waals surface area contributed by atoms with Crippen molar-refractivity contribution in [3.05, 3.63) is 11.8 Å². The van der Waals surface area contributed by atoms with Crippen molar-refractivity contribution in [2.45, 2.75) is 32.2 Å². The molecule has 5 nitrogen and oxygen atoms in total. The number of aliphatic carboxylic acids is 1. The van der Waals surface area contributed by atoms with Crippen LogP contribution < -0.4 is 4.90 Å². The van der Waals surface area contributed by atoms with Gasteiger partial charge >= 0.3 is 5.97 Å². The minimum atomic E-state index is -0.757. The molecule has 2 heterocycles. The molecular weight excluding hydrogens is 196 g/mol. The maximum absolute atomic E-state index is 10.7. The van der Waals surface area contributed by atoms with Gasteiger partial charge in [0.25, 0.3) is 0 Å². The highest BCUT2D eigenvalue weighted by Gasteiger charge is 2.28. The minimum Gasteiger partial charge on any atom is -0.481 e. The minimum absolute atomic E-state index is 0.0620. The van der Waals surface area contributed by atoms with Gasteiger partial charge in [-0.2, -0.15) is 0 Å². The fourth-order valence-electron chi connectivity index (χ4n) is 2.04. The van der Waals surface area contributed by atoms with Gasteiger partial charge in [-0.15, -0.1) is 0 Å². The summed E-state index contributed by atoms with van der Waals surface area (Å²) in [6.07, 6.45) is 2.11. The van der Waals surface area contributed by atoms with Gasteiger partial charge in [-0.1, -0.05) is 5.16 Å². The Morgan fingerprint density at radius 2 is 2.60 bits per heavy atom. The predicted molar refractivity (Wildman–Crippen MR) is 53.9 cm³/mol. The van der Waals surface area contributed by atoms with Crippen molar-refractivity contribution in [1.82, 2.24) is 5.16 Å². The summed E-state index contributed by atoms with van der Waals surface area (Å²) in [7, 11) is 0. The van der Waals surface area contributed by atoms with Crippen LogP contribution in [0.15, 0.2) is 10.6 Å². The van der Waals surface area contributed by atoms with E-state index in [1.54, 1.807) is 0 Å². The van der Waals surface area contributed by atoms with Crippen LogP contribution in [0.5, 0.6) is 0 Å². The molecule has 82 valence electrons. The van der Waals surface area contributed by atoms with Crippen molar-refractivity contribution in [2.75, 3.05) is 11.4 Å². The predicted octanol–water partition coefficient (Wildman–Crippen LogP) is 1.43. The van der Waals surface area contributed by atoms with Crippen LogP contribution in [-0.4, -0.2) is 28.8 Å². The Hall–Kier alpha value is -1.52. The monoisotopic (exact) mass is 210 g/mol.